The maximum Gasteiger partial charge on any atom is 0.0799 e. The maximum atomic E-state index is 9.33. The largest absolute Gasteiger partial charge is 0.256 e. The third kappa shape index (κ3) is 4.18. The summed E-state index contributed by atoms with van der Waals surface area (Å²) < 4.78 is 18.7. The van der Waals surface area contributed by atoms with Gasteiger partial charge in [-0.05, 0) is 45.4 Å². The minimum atomic E-state index is -1.81. The first-order chi connectivity index (χ1) is 14.7. The number of rotatable bonds is 5. The van der Waals surface area contributed by atoms with Gasteiger partial charge in [0, 0.05) is 14.5 Å². The van der Waals surface area contributed by atoms with Crippen LogP contribution in [0.4, 0.5) is 0 Å². The van der Waals surface area contributed by atoms with Gasteiger partial charge < -0.3 is 0 Å². The van der Waals surface area contributed by atoms with E-state index in [1.54, 1.807) is 0 Å². The van der Waals surface area contributed by atoms with E-state index in [4.69, 9.17) is 4.98 Å². The number of aromatic nitrogens is 1. The molecule has 0 saturated heterocycles. The quantitative estimate of drug-likeness (QED) is 0.338. The van der Waals surface area contributed by atoms with Crippen LogP contribution in [0.1, 0.15) is 26.7 Å². The molecule has 0 fully saturated rings. The van der Waals surface area contributed by atoms with Gasteiger partial charge in [-0.1, -0.05) is 99.4 Å². The average Bonchev–Trinajstić information content (AvgIpc) is 2.77. The minimum absolute atomic E-state index is 0.306. The van der Waals surface area contributed by atoms with Crippen molar-refractivity contribution in [1.29, 1.82) is 0 Å². The molecule has 0 saturated carbocycles. The first-order valence-electron chi connectivity index (χ1n) is 11.2. The number of hydrogen-bond acceptors (Lipinski definition) is 1. The molecule has 1 heterocycles. The van der Waals surface area contributed by atoms with Crippen molar-refractivity contribution in [2.24, 2.45) is 0 Å². The molecule has 0 bridgehead atoms. The van der Waals surface area contributed by atoms with Crippen LogP contribution in [0.5, 0.6) is 0 Å². The highest BCUT2D eigenvalue weighted by Crippen LogP contribution is 2.29. The van der Waals surface area contributed by atoms with E-state index < -0.39 is 14.4 Å². The molecule has 0 aliphatic rings. The van der Waals surface area contributed by atoms with Crippen LogP contribution in [0.3, 0.4) is 0 Å². The molecule has 3 aromatic carbocycles. The van der Waals surface area contributed by atoms with Crippen molar-refractivity contribution in [3.63, 3.8) is 0 Å². The summed E-state index contributed by atoms with van der Waals surface area (Å²) in [5, 5.41) is 3.35. The molecule has 0 amide bonds. The van der Waals surface area contributed by atoms with Crippen LogP contribution in [-0.4, -0.2) is 13.1 Å². The molecule has 1 unspecified atom stereocenters. The van der Waals surface area contributed by atoms with E-state index in [0.717, 1.165) is 38.3 Å². The number of pyridine rings is 1. The van der Waals surface area contributed by atoms with Crippen LogP contribution in [0.15, 0.2) is 85.1 Å². The smallest absolute Gasteiger partial charge is 0.0799 e. The van der Waals surface area contributed by atoms with Gasteiger partial charge in [-0.2, -0.15) is 0 Å². The molecular weight excluding hydrogens is 366 g/mol. The molecule has 0 radical (unpaired) electrons. The number of benzene rings is 3. The molecule has 146 valence electrons. The van der Waals surface area contributed by atoms with Crippen LogP contribution in [-0.2, 0) is 6.37 Å². The van der Waals surface area contributed by atoms with Crippen molar-refractivity contribution in [1.82, 2.24) is 4.98 Å². The summed E-state index contributed by atoms with van der Waals surface area (Å²) in [5.74, 6) is -0.306. The zero-order valence-corrected chi connectivity index (χ0v) is 18.6. The predicted molar refractivity (Wildman–Crippen MR) is 129 cm³/mol. The lowest BCUT2D eigenvalue weighted by atomic mass is 9.90. The lowest BCUT2D eigenvalue weighted by Crippen LogP contribution is -2.40. The topological polar surface area (TPSA) is 12.9 Å². The van der Waals surface area contributed by atoms with Crippen molar-refractivity contribution in [2.75, 3.05) is 0 Å². The van der Waals surface area contributed by atoms with Crippen molar-refractivity contribution in [3.8, 4) is 11.3 Å². The first-order valence-corrected chi connectivity index (χ1v) is 13.7. The van der Waals surface area contributed by atoms with E-state index in [2.05, 4.69) is 43.9 Å². The summed E-state index contributed by atoms with van der Waals surface area (Å²) in [7, 11) is -1.81. The highest BCUT2D eigenvalue weighted by molar-refractivity contribution is 6.89. The van der Waals surface area contributed by atoms with Crippen molar-refractivity contribution in [2.45, 2.75) is 38.9 Å². The van der Waals surface area contributed by atoms with Crippen LogP contribution in [0.2, 0.25) is 19.6 Å². The van der Waals surface area contributed by atoms with Gasteiger partial charge in [-0.25, -0.2) is 0 Å². The molecule has 4 aromatic rings. The van der Waals surface area contributed by atoms with Gasteiger partial charge in [0.1, 0.15) is 0 Å². The Morgan fingerprint density at radius 2 is 1.59 bits per heavy atom. The van der Waals surface area contributed by atoms with Crippen LogP contribution in [0.25, 0.3) is 22.0 Å². The molecule has 1 aromatic heterocycles. The Morgan fingerprint density at radius 1 is 0.897 bits per heavy atom. The van der Waals surface area contributed by atoms with Gasteiger partial charge in [0.05, 0.1) is 13.8 Å². The predicted octanol–water partition coefficient (Wildman–Crippen LogP) is 6.79. The van der Waals surface area contributed by atoms with Crippen molar-refractivity contribution < 1.29 is 2.74 Å². The van der Waals surface area contributed by atoms with E-state index in [0.29, 0.717) is 0 Å². The number of nitrogens with zero attached hydrogens (tertiary/aromatic N) is 1. The molecule has 0 spiro atoms. The third-order valence-corrected chi connectivity index (χ3v) is 7.46. The normalized spacial score (nSPS) is 14.3. The minimum Gasteiger partial charge on any atom is -0.256 e. The number of fused-ring (bicyclic) bond motifs is 1. The average molecular weight is 398 g/mol. The van der Waals surface area contributed by atoms with E-state index >= 15 is 0 Å². The van der Waals surface area contributed by atoms with Crippen LogP contribution in [0, 0.1) is 0 Å². The Bertz CT molecular complexity index is 1210. The molecule has 1 nitrogen and oxygen atoms in total. The summed E-state index contributed by atoms with van der Waals surface area (Å²) in [5.41, 5.74) is 3.66. The van der Waals surface area contributed by atoms with Gasteiger partial charge in [0.25, 0.3) is 0 Å². The SMILES string of the molecule is [2H]C([2H])(c1cc(-c2ccccc2)ncc1[Si](C)(C)C)C(C)c1cccc2ccccc12. The highest BCUT2D eigenvalue weighted by atomic mass is 28.3. The molecule has 29 heavy (non-hydrogen) atoms. The lowest BCUT2D eigenvalue weighted by molar-refractivity contribution is 0.767. The van der Waals surface area contributed by atoms with Crippen molar-refractivity contribution in [3.05, 3.63) is 96.2 Å². The molecule has 1 atom stereocenters. The maximum absolute atomic E-state index is 9.33. The molecule has 2 heteroatoms. The van der Waals surface area contributed by atoms with Crippen LogP contribution >= 0.6 is 0 Å². The van der Waals surface area contributed by atoms with E-state index in [9.17, 15) is 2.74 Å². The second kappa shape index (κ2) is 7.96. The molecular formula is C27H29NSi. The second-order valence-corrected chi connectivity index (χ2v) is 13.7. The monoisotopic (exact) mass is 397 g/mol. The Morgan fingerprint density at radius 3 is 2.34 bits per heavy atom. The molecule has 0 N–H and O–H groups in total. The molecule has 0 aliphatic carbocycles. The summed E-state index contributed by atoms with van der Waals surface area (Å²) in [4.78, 5) is 4.74. The summed E-state index contributed by atoms with van der Waals surface area (Å²) in [6.07, 6.45) is 0.393. The van der Waals surface area contributed by atoms with E-state index in [1.807, 2.05) is 67.7 Å². The van der Waals surface area contributed by atoms with Gasteiger partial charge in [0.15, 0.2) is 0 Å². The Kier molecular flexibility index (Phi) is 4.71. The summed E-state index contributed by atoms with van der Waals surface area (Å²) in [6, 6.07) is 26.5. The van der Waals surface area contributed by atoms with Gasteiger partial charge in [0.2, 0.25) is 0 Å². The second-order valence-electron chi connectivity index (χ2n) is 8.67. The zero-order chi connectivity index (χ0) is 22.2. The first kappa shape index (κ1) is 17.2. The fourth-order valence-electron chi connectivity index (χ4n) is 3.88. The molecule has 4 rings (SSSR count). The summed E-state index contributed by atoms with van der Waals surface area (Å²) in [6.45, 7) is 8.79. The number of hydrogen-bond donors (Lipinski definition) is 0. The van der Waals surface area contributed by atoms with Gasteiger partial charge >= 0.3 is 0 Å². The van der Waals surface area contributed by atoms with Gasteiger partial charge in [-0.3, -0.25) is 4.98 Å². The summed E-state index contributed by atoms with van der Waals surface area (Å²) >= 11 is 0. The third-order valence-electron chi connectivity index (χ3n) is 5.44. The Balaban J connectivity index is 1.89. The Labute approximate surface area is 178 Å². The zero-order valence-electron chi connectivity index (χ0n) is 19.6. The lowest BCUT2D eigenvalue weighted by Gasteiger charge is -2.24. The fourth-order valence-corrected chi connectivity index (χ4v) is 5.28. The molecule has 0 aliphatic heterocycles. The highest BCUT2D eigenvalue weighted by Gasteiger charge is 2.23. The van der Waals surface area contributed by atoms with Gasteiger partial charge in [-0.15, -0.1) is 0 Å². The van der Waals surface area contributed by atoms with E-state index in [-0.39, 0.29) is 5.92 Å². The standard InChI is InChI=1S/C27H29NSi/c1-20(24-16-10-14-21-11-8-9-15-25(21)24)17-23-18-26(22-12-6-5-7-13-22)28-19-27(23)29(2,3)4/h5-16,18-20H,17H2,1-4H3/i17D2. The Hall–Kier alpha value is -2.71. The van der Waals surface area contributed by atoms with E-state index in [1.165, 1.54) is 0 Å². The van der Waals surface area contributed by atoms with Crippen molar-refractivity contribution >= 4 is 24.0 Å². The van der Waals surface area contributed by atoms with Crippen LogP contribution < -0.4 is 5.19 Å². The fraction of sp³-hybridized carbons (Fsp3) is 0.222.